The first-order valence-electron chi connectivity index (χ1n) is 7.25. The molecule has 0 aromatic heterocycles. The third-order valence-electron chi connectivity index (χ3n) is 4.01. The molecule has 1 heterocycles. The van der Waals surface area contributed by atoms with Gasteiger partial charge in [-0.15, -0.1) is 0 Å². The molecule has 1 rings (SSSR count). The van der Waals surface area contributed by atoms with Gasteiger partial charge in [-0.25, -0.2) is 0 Å². The molecule has 3 unspecified atom stereocenters. The summed E-state index contributed by atoms with van der Waals surface area (Å²) in [5.74, 6) is 0. The van der Waals surface area contributed by atoms with Crippen LogP contribution >= 0.6 is 0 Å². The van der Waals surface area contributed by atoms with Crippen LogP contribution in [0.4, 0.5) is 0 Å². The van der Waals surface area contributed by atoms with E-state index in [0.29, 0.717) is 12.1 Å². The fourth-order valence-electron chi connectivity index (χ4n) is 2.99. The van der Waals surface area contributed by atoms with Crippen molar-refractivity contribution in [2.24, 2.45) is 0 Å². The summed E-state index contributed by atoms with van der Waals surface area (Å²) in [6.45, 7) is 12.4. The number of hydrogen-bond acceptors (Lipinski definition) is 4. The highest BCUT2D eigenvalue weighted by Gasteiger charge is 2.31. The zero-order valence-corrected chi connectivity index (χ0v) is 12.4. The van der Waals surface area contributed by atoms with E-state index in [-0.39, 0.29) is 12.1 Å². The Morgan fingerprint density at radius 3 is 2.78 bits per heavy atom. The molecule has 0 spiro atoms. The van der Waals surface area contributed by atoms with Crippen molar-refractivity contribution in [3.8, 4) is 0 Å². The van der Waals surface area contributed by atoms with E-state index in [1.165, 1.54) is 0 Å². The van der Waals surface area contributed by atoms with Gasteiger partial charge >= 0.3 is 0 Å². The van der Waals surface area contributed by atoms with Crippen LogP contribution in [-0.4, -0.2) is 60.5 Å². The van der Waals surface area contributed by atoms with Crippen molar-refractivity contribution in [1.82, 2.24) is 10.2 Å². The van der Waals surface area contributed by atoms with Crippen molar-refractivity contribution in [3.63, 3.8) is 0 Å². The average molecular weight is 258 g/mol. The maximum absolute atomic E-state index is 9.58. The van der Waals surface area contributed by atoms with Crippen molar-refractivity contribution < 1.29 is 9.84 Å². The van der Waals surface area contributed by atoms with E-state index in [1.807, 2.05) is 0 Å². The molecular formula is C14H30N2O2. The molecule has 0 amide bonds. The molecule has 1 fully saturated rings. The normalized spacial score (nSPS) is 26.8. The number of ether oxygens (including phenoxy) is 1. The minimum absolute atomic E-state index is 0.176. The molecule has 18 heavy (non-hydrogen) atoms. The van der Waals surface area contributed by atoms with Crippen molar-refractivity contribution in [1.29, 1.82) is 0 Å². The number of likely N-dealkylation sites (N-methyl/N-ethyl adjacent to an activating group) is 1. The van der Waals surface area contributed by atoms with Crippen LogP contribution in [0.1, 0.15) is 40.5 Å². The zero-order chi connectivity index (χ0) is 13.6. The van der Waals surface area contributed by atoms with Gasteiger partial charge in [-0.1, -0.05) is 13.8 Å². The van der Waals surface area contributed by atoms with E-state index in [9.17, 15) is 5.11 Å². The van der Waals surface area contributed by atoms with Crippen LogP contribution in [0, 0.1) is 0 Å². The Morgan fingerprint density at radius 2 is 2.22 bits per heavy atom. The molecule has 108 valence electrons. The van der Waals surface area contributed by atoms with Gasteiger partial charge in [-0.05, 0) is 33.2 Å². The van der Waals surface area contributed by atoms with Crippen LogP contribution in [0.3, 0.4) is 0 Å². The topological polar surface area (TPSA) is 44.7 Å². The first-order valence-corrected chi connectivity index (χ1v) is 7.25. The first-order chi connectivity index (χ1) is 8.56. The summed E-state index contributed by atoms with van der Waals surface area (Å²) < 4.78 is 5.55. The van der Waals surface area contributed by atoms with Crippen LogP contribution in [0.5, 0.6) is 0 Å². The number of morpholine rings is 1. The van der Waals surface area contributed by atoms with E-state index in [2.05, 4.69) is 37.9 Å². The Hall–Kier alpha value is -0.160. The van der Waals surface area contributed by atoms with Crippen molar-refractivity contribution >= 4 is 0 Å². The van der Waals surface area contributed by atoms with Gasteiger partial charge in [-0.3, -0.25) is 4.90 Å². The maximum atomic E-state index is 9.58. The second kappa shape index (κ2) is 7.43. The molecular weight excluding hydrogens is 228 g/mol. The van der Waals surface area contributed by atoms with Crippen molar-refractivity contribution in [2.75, 3.05) is 32.9 Å². The number of aliphatic hydroxyl groups is 1. The molecule has 0 aliphatic carbocycles. The Morgan fingerprint density at radius 1 is 1.50 bits per heavy atom. The summed E-state index contributed by atoms with van der Waals surface area (Å²) >= 11 is 0. The maximum Gasteiger partial charge on any atom is 0.0622 e. The second-order valence-corrected chi connectivity index (χ2v) is 5.68. The molecule has 0 radical (unpaired) electrons. The summed E-state index contributed by atoms with van der Waals surface area (Å²) in [5, 5.41) is 13.0. The Labute approximate surface area is 112 Å². The standard InChI is InChI=1S/C14H30N2O2/c1-5-13-10-18-8-7-16(13)12(3)9-14(4,11-17)15-6-2/h12-13,15,17H,5-11H2,1-4H3. The van der Waals surface area contributed by atoms with E-state index in [1.54, 1.807) is 0 Å². The molecule has 0 saturated carbocycles. The zero-order valence-electron chi connectivity index (χ0n) is 12.4. The molecule has 1 aliphatic heterocycles. The van der Waals surface area contributed by atoms with Gasteiger partial charge in [0.2, 0.25) is 0 Å². The summed E-state index contributed by atoms with van der Waals surface area (Å²) in [6, 6.07) is 0.994. The van der Waals surface area contributed by atoms with Crippen LogP contribution in [0.15, 0.2) is 0 Å². The smallest absolute Gasteiger partial charge is 0.0622 e. The third-order valence-corrected chi connectivity index (χ3v) is 4.01. The Balaban J connectivity index is 2.58. The predicted octanol–water partition coefficient (Wildman–Crippen LogP) is 1.24. The number of nitrogens with one attached hydrogen (secondary N) is 1. The number of rotatable bonds is 7. The third kappa shape index (κ3) is 4.19. The Bertz CT molecular complexity index is 238. The minimum atomic E-state index is -0.176. The molecule has 0 aromatic rings. The summed E-state index contributed by atoms with van der Waals surface area (Å²) in [5.41, 5.74) is -0.176. The molecule has 1 aliphatic rings. The predicted molar refractivity (Wildman–Crippen MR) is 74.9 cm³/mol. The molecule has 2 N–H and O–H groups in total. The van der Waals surface area contributed by atoms with E-state index < -0.39 is 0 Å². The van der Waals surface area contributed by atoms with Gasteiger partial charge in [0.05, 0.1) is 19.8 Å². The second-order valence-electron chi connectivity index (χ2n) is 5.68. The molecule has 0 aromatic carbocycles. The minimum Gasteiger partial charge on any atom is -0.394 e. The van der Waals surface area contributed by atoms with Gasteiger partial charge < -0.3 is 15.2 Å². The highest BCUT2D eigenvalue weighted by Crippen LogP contribution is 2.21. The number of aliphatic hydroxyl groups excluding tert-OH is 1. The molecule has 3 atom stereocenters. The first kappa shape index (κ1) is 15.9. The van der Waals surface area contributed by atoms with E-state index in [0.717, 1.165) is 39.1 Å². The highest BCUT2D eigenvalue weighted by atomic mass is 16.5. The fourth-order valence-corrected chi connectivity index (χ4v) is 2.99. The Kier molecular flexibility index (Phi) is 6.57. The average Bonchev–Trinajstić information content (AvgIpc) is 2.38. The largest absolute Gasteiger partial charge is 0.394 e. The van der Waals surface area contributed by atoms with Gasteiger partial charge in [0.25, 0.3) is 0 Å². The number of nitrogens with zero attached hydrogens (tertiary/aromatic N) is 1. The highest BCUT2D eigenvalue weighted by molar-refractivity contribution is 4.89. The van der Waals surface area contributed by atoms with Gasteiger partial charge in [0.1, 0.15) is 0 Å². The lowest BCUT2D eigenvalue weighted by Crippen LogP contribution is -2.55. The lowest BCUT2D eigenvalue weighted by atomic mass is 9.92. The summed E-state index contributed by atoms with van der Waals surface area (Å²) in [4.78, 5) is 2.54. The van der Waals surface area contributed by atoms with Crippen LogP contribution < -0.4 is 5.32 Å². The SMILES string of the molecule is CCNC(C)(CO)CC(C)N1CCOCC1CC. The lowest BCUT2D eigenvalue weighted by molar-refractivity contribution is -0.0345. The van der Waals surface area contributed by atoms with Crippen molar-refractivity contribution in [3.05, 3.63) is 0 Å². The quantitative estimate of drug-likeness (QED) is 0.721. The number of hydrogen-bond donors (Lipinski definition) is 2. The molecule has 1 saturated heterocycles. The molecule has 4 nitrogen and oxygen atoms in total. The van der Waals surface area contributed by atoms with E-state index >= 15 is 0 Å². The van der Waals surface area contributed by atoms with Gasteiger partial charge in [-0.2, -0.15) is 0 Å². The van der Waals surface area contributed by atoms with Crippen LogP contribution in [0.2, 0.25) is 0 Å². The van der Waals surface area contributed by atoms with E-state index in [4.69, 9.17) is 4.74 Å². The molecule has 4 heteroatoms. The van der Waals surface area contributed by atoms with Gasteiger partial charge in [0, 0.05) is 24.2 Å². The summed E-state index contributed by atoms with van der Waals surface area (Å²) in [6.07, 6.45) is 2.09. The van der Waals surface area contributed by atoms with Crippen LogP contribution in [-0.2, 0) is 4.74 Å². The molecule has 0 bridgehead atoms. The lowest BCUT2D eigenvalue weighted by Gasteiger charge is -2.42. The van der Waals surface area contributed by atoms with Gasteiger partial charge in [0.15, 0.2) is 0 Å². The fraction of sp³-hybridized carbons (Fsp3) is 1.00. The monoisotopic (exact) mass is 258 g/mol. The summed E-state index contributed by atoms with van der Waals surface area (Å²) in [7, 11) is 0. The van der Waals surface area contributed by atoms with Crippen molar-refractivity contribution in [2.45, 2.75) is 58.2 Å². The van der Waals surface area contributed by atoms with Crippen LogP contribution in [0.25, 0.3) is 0 Å².